The Balaban J connectivity index is 1.45. The van der Waals surface area contributed by atoms with Gasteiger partial charge in [-0.2, -0.15) is 0 Å². The standard InChI is InChI=1S/C28H28N2O6/c1-19(28(33)29-15-14-20-8-4-3-5-9-20)30-22-16-21(12-13-24(22)36-18-27(30)32)23(31)17-35-26-11-7-6-10-25(26)34-2/h3-13,16,19H,14-15,17-18H2,1-2H3,(H,29,33). The van der Waals surface area contributed by atoms with E-state index in [2.05, 4.69) is 5.32 Å². The van der Waals surface area contributed by atoms with Gasteiger partial charge in [0.05, 0.1) is 12.8 Å². The second-order valence-electron chi connectivity index (χ2n) is 8.30. The number of benzene rings is 3. The summed E-state index contributed by atoms with van der Waals surface area (Å²) in [5, 5.41) is 2.89. The Bertz CT molecular complexity index is 1240. The van der Waals surface area contributed by atoms with Crippen LogP contribution in [0.25, 0.3) is 0 Å². The molecule has 0 radical (unpaired) electrons. The molecule has 1 N–H and O–H groups in total. The Morgan fingerprint density at radius 3 is 2.50 bits per heavy atom. The third-order valence-electron chi connectivity index (χ3n) is 5.91. The summed E-state index contributed by atoms with van der Waals surface area (Å²) in [4.78, 5) is 39.9. The van der Waals surface area contributed by atoms with E-state index in [-0.39, 0.29) is 30.8 Å². The van der Waals surface area contributed by atoms with Crippen molar-refractivity contribution in [2.75, 3.05) is 31.8 Å². The molecule has 0 bridgehead atoms. The van der Waals surface area contributed by atoms with Crippen LogP contribution in [0.3, 0.4) is 0 Å². The summed E-state index contributed by atoms with van der Waals surface area (Å²) in [5.41, 5.74) is 1.82. The summed E-state index contributed by atoms with van der Waals surface area (Å²) in [7, 11) is 1.53. The molecule has 3 aromatic carbocycles. The molecule has 0 fully saturated rings. The molecular formula is C28H28N2O6. The zero-order valence-corrected chi connectivity index (χ0v) is 20.2. The summed E-state index contributed by atoms with van der Waals surface area (Å²) in [6.45, 7) is 1.70. The molecule has 0 aromatic heterocycles. The highest BCUT2D eigenvalue weighted by Crippen LogP contribution is 2.35. The second-order valence-corrected chi connectivity index (χ2v) is 8.30. The monoisotopic (exact) mass is 488 g/mol. The second kappa shape index (κ2) is 11.4. The maximum absolute atomic E-state index is 12.9. The number of hydrogen-bond donors (Lipinski definition) is 1. The van der Waals surface area contributed by atoms with Gasteiger partial charge in [0.25, 0.3) is 5.91 Å². The lowest BCUT2D eigenvalue weighted by Gasteiger charge is -2.33. The molecule has 3 aromatic rings. The van der Waals surface area contributed by atoms with Crippen molar-refractivity contribution in [2.24, 2.45) is 0 Å². The van der Waals surface area contributed by atoms with Crippen LogP contribution in [-0.4, -0.2) is 50.5 Å². The van der Waals surface area contributed by atoms with E-state index < -0.39 is 6.04 Å². The molecule has 186 valence electrons. The fourth-order valence-corrected chi connectivity index (χ4v) is 3.97. The van der Waals surface area contributed by atoms with Gasteiger partial charge < -0.3 is 19.5 Å². The molecule has 1 unspecified atom stereocenters. The lowest BCUT2D eigenvalue weighted by molar-refractivity contribution is -0.127. The highest BCUT2D eigenvalue weighted by Gasteiger charge is 2.33. The van der Waals surface area contributed by atoms with Crippen LogP contribution >= 0.6 is 0 Å². The van der Waals surface area contributed by atoms with E-state index in [4.69, 9.17) is 14.2 Å². The van der Waals surface area contributed by atoms with Crippen molar-refractivity contribution in [1.82, 2.24) is 5.32 Å². The Morgan fingerprint density at radius 1 is 1.03 bits per heavy atom. The number of carbonyl (C=O) groups is 3. The van der Waals surface area contributed by atoms with Gasteiger partial charge in [0.2, 0.25) is 5.91 Å². The lowest BCUT2D eigenvalue weighted by Crippen LogP contribution is -2.51. The third-order valence-corrected chi connectivity index (χ3v) is 5.91. The van der Waals surface area contributed by atoms with Crippen LogP contribution in [0.5, 0.6) is 17.2 Å². The van der Waals surface area contributed by atoms with Crippen molar-refractivity contribution < 1.29 is 28.6 Å². The predicted octanol–water partition coefficient (Wildman–Crippen LogP) is 3.43. The van der Waals surface area contributed by atoms with Crippen LogP contribution in [0.4, 0.5) is 5.69 Å². The van der Waals surface area contributed by atoms with E-state index in [9.17, 15) is 14.4 Å². The van der Waals surface area contributed by atoms with Crippen LogP contribution in [0.15, 0.2) is 72.8 Å². The fourth-order valence-electron chi connectivity index (χ4n) is 3.97. The first kappa shape index (κ1) is 24.8. The van der Waals surface area contributed by atoms with Crippen molar-refractivity contribution >= 4 is 23.3 Å². The fraction of sp³-hybridized carbons (Fsp3) is 0.250. The van der Waals surface area contributed by atoms with Gasteiger partial charge in [0.15, 0.2) is 30.5 Å². The first-order chi connectivity index (χ1) is 17.5. The van der Waals surface area contributed by atoms with Gasteiger partial charge in [0, 0.05) is 12.1 Å². The van der Waals surface area contributed by atoms with Gasteiger partial charge >= 0.3 is 0 Å². The topological polar surface area (TPSA) is 94.2 Å². The first-order valence-corrected chi connectivity index (χ1v) is 11.7. The Morgan fingerprint density at radius 2 is 1.75 bits per heavy atom. The zero-order chi connectivity index (χ0) is 25.5. The number of Topliss-reactive ketones (excluding diaryl/α,β-unsaturated/α-hetero) is 1. The van der Waals surface area contributed by atoms with Crippen LogP contribution < -0.4 is 24.4 Å². The van der Waals surface area contributed by atoms with Crippen LogP contribution in [-0.2, 0) is 16.0 Å². The minimum Gasteiger partial charge on any atom is -0.493 e. The van der Waals surface area contributed by atoms with Crippen molar-refractivity contribution in [3.63, 3.8) is 0 Å². The normalized spacial score (nSPS) is 13.3. The minimum atomic E-state index is -0.786. The SMILES string of the molecule is COc1ccccc1OCC(=O)c1ccc2c(c1)N(C(C)C(=O)NCCc1ccccc1)C(=O)CO2. The molecule has 8 heteroatoms. The molecule has 1 aliphatic heterocycles. The predicted molar refractivity (Wildman–Crippen MR) is 135 cm³/mol. The number of ether oxygens (including phenoxy) is 3. The average Bonchev–Trinajstić information content (AvgIpc) is 2.91. The maximum atomic E-state index is 12.9. The highest BCUT2D eigenvalue weighted by atomic mass is 16.5. The minimum absolute atomic E-state index is 0.182. The molecule has 36 heavy (non-hydrogen) atoms. The molecule has 2 amide bonds. The first-order valence-electron chi connectivity index (χ1n) is 11.7. The lowest BCUT2D eigenvalue weighted by atomic mass is 10.1. The number of amides is 2. The van der Waals surface area contributed by atoms with Gasteiger partial charge in [-0.15, -0.1) is 0 Å². The van der Waals surface area contributed by atoms with E-state index >= 15 is 0 Å². The summed E-state index contributed by atoms with van der Waals surface area (Å²) in [6, 6.07) is 20.9. The molecule has 1 atom stereocenters. The smallest absolute Gasteiger partial charge is 0.265 e. The van der Waals surface area contributed by atoms with Crippen LogP contribution in [0.1, 0.15) is 22.8 Å². The van der Waals surface area contributed by atoms with E-state index in [0.29, 0.717) is 41.5 Å². The molecule has 0 aliphatic carbocycles. The number of nitrogens with zero attached hydrogens (tertiary/aromatic N) is 1. The van der Waals surface area contributed by atoms with Crippen molar-refractivity contribution in [1.29, 1.82) is 0 Å². The summed E-state index contributed by atoms with van der Waals surface area (Å²) < 4.78 is 16.4. The van der Waals surface area contributed by atoms with Crippen LogP contribution in [0, 0.1) is 0 Å². The molecule has 1 heterocycles. The van der Waals surface area contributed by atoms with E-state index in [0.717, 1.165) is 5.56 Å². The molecule has 0 spiro atoms. The van der Waals surface area contributed by atoms with Gasteiger partial charge in [-0.1, -0.05) is 42.5 Å². The van der Waals surface area contributed by atoms with E-state index in [1.165, 1.54) is 12.0 Å². The third kappa shape index (κ3) is 5.66. The molecule has 1 aliphatic rings. The van der Waals surface area contributed by atoms with E-state index in [1.807, 2.05) is 36.4 Å². The Kier molecular flexibility index (Phi) is 7.85. The molecule has 0 saturated heterocycles. The summed E-state index contributed by atoms with van der Waals surface area (Å²) in [6.07, 6.45) is 0.678. The van der Waals surface area contributed by atoms with Crippen molar-refractivity contribution in [3.8, 4) is 17.2 Å². The Hall–Kier alpha value is -4.33. The number of para-hydroxylation sites is 2. The van der Waals surface area contributed by atoms with Crippen molar-refractivity contribution in [2.45, 2.75) is 19.4 Å². The van der Waals surface area contributed by atoms with Crippen LogP contribution in [0.2, 0.25) is 0 Å². The summed E-state index contributed by atoms with van der Waals surface area (Å²) in [5.74, 6) is 0.467. The van der Waals surface area contributed by atoms with E-state index in [1.54, 1.807) is 43.3 Å². The van der Waals surface area contributed by atoms with Crippen molar-refractivity contribution in [3.05, 3.63) is 83.9 Å². The van der Waals surface area contributed by atoms with Gasteiger partial charge in [-0.3, -0.25) is 19.3 Å². The molecule has 0 saturated carbocycles. The molecule has 4 rings (SSSR count). The number of fused-ring (bicyclic) bond motifs is 1. The maximum Gasteiger partial charge on any atom is 0.265 e. The number of methoxy groups -OCH3 is 1. The highest BCUT2D eigenvalue weighted by molar-refractivity contribution is 6.05. The zero-order valence-electron chi connectivity index (χ0n) is 20.2. The number of carbonyl (C=O) groups excluding carboxylic acids is 3. The largest absolute Gasteiger partial charge is 0.493 e. The molecular weight excluding hydrogens is 460 g/mol. The number of anilines is 1. The van der Waals surface area contributed by atoms with Gasteiger partial charge in [0.1, 0.15) is 11.8 Å². The number of rotatable bonds is 10. The van der Waals surface area contributed by atoms with Gasteiger partial charge in [-0.05, 0) is 49.2 Å². The van der Waals surface area contributed by atoms with Gasteiger partial charge in [-0.25, -0.2) is 0 Å². The number of hydrogen-bond acceptors (Lipinski definition) is 6. The molecule has 8 nitrogen and oxygen atoms in total. The Labute approximate surface area is 209 Å². The summed E-state index contributed by atoms with van der Waals surface area (Å²) >= 11 is 0. The average molecular weight is 489 g/mol. The number of nitrogens with one attached hydrogen (secondary N) is 1. The quantitative estimate of drug-likeness (QED) is 0.440. The number of ketones is 1.